The molecule has 3 aromatic carbocycles. The Kier molecular flexibility index (Phi) is 4.93. The highest BCUT2D eigenvalue weighted by Crippen LogP contribution is 2.29. The van der Waals surface area contributed by atoms with Gasteiger partial charge in [-0.15, -0.1) is 10.2 Å². The van der Waals surface area contributed by atoms with Gasteiger partial charge >= 0.3 is 5.63 Å². The first-order valence-electron chi connectivity index (χ1n) is 10.8. The van der Waals surface area contributed by atoms with Crippen molar-refractivity contribution >= 4 is 39.4 Å². The molecule has 0 radical (unpaired) electrons. The van der Waals surface area contributed by atoms with Crippen LogP contribution in [0, 0.1) is 6.92 Å². The molecule has 0 saturated heterocycles. The van der Waals surface area contributed by atoms with Crippen LogP contribution in [0.25, 0.3) is 33.3 Å². The van der Waals surface area contributed by atoms with Crippen molar-refractivity contribution < 1.29 is 9.52 Å². The number of aryl methyl sites for hydroxylation is 1. The lowest BCUT2D eigenvalue weighted by atomic mass is 10.1. The highest BCUT2D eigenvalue weighted by Gasteiger charge is 2.19. The molecule has 35 heavy (non-hydrogen) atoms. The number of phenols is 1. The third-order valence-corrected chi connectivity index (χ3v) is 6.90. The van der Waals surface area contributed by atoms with E-state index in [4.69, 9.17) is 4.42 Å². The van der Waals surface area contributed by atoms with Crippen molar-refractivity contribution in [2.24, 2.45) is 0 Å². The van der Waals surface area contributed by atoms with E-state index in [-0.39, 0.29) is 11.3 Å². The Hall–Kier alpha value is -4.37. The van der Waals surface area contributed by atoms with Gasteiger partial charge in [0.1, 0.15) is 11.3 Å². The molecule has 0 aliphatic rings. The van der Waals surface area contributed by atoms with E-state index in [0.717, 1.165) is 22.2 Å². The predicted molar refractivity (Wildman–Crippen MR) is 135 cm³/mol. The number of phenolic OH excluding ortho intramolecular Hbond substituents is 1. The Labute approximate surface area is 202 Å². The van der Waals surface area contributed by atoms with Gasteiger partial charge in [-0.05, 0) is 48.4 Å². The maximum Gasteiger partial charge on any atom is 0.336 e. The minimum atomic E-state index is -0.497. The van der Waals surface area contributed by atoms with Gasteiger partial charge in [-0.1, -0.05) is 42.1 Å². The zero-order valence-electron chi connectivity index (χ0n) is 18.5. The molecule has 1 N–H and O–H groups in total. The van der Waals surface area contributed by atoms with Crippen molar-refractivity contribution in [3.05, 3.63) is 105 Å². The molecule has 0 bridgehead atoms. The van der Waals surface area contributed by atoms with Crippen molar-refractivity contribution in [2.45, 2.75) is 17.8 Å². The zero-order valence-corrected chi connectivity index (χ0v) is 19.3. The number of fused-ring (bicyclic) bond motifs is 4. The monoisotopic (exact) mass is 482 g/mol. The number of para-hydroxylation sites is 2. The summed E-state index contributed by atoms with van der Waals surface area (Å²) in [5, 5.41) is 20.4. The van der Waals surface area contributed by atoms with Gasteiger partial charge in [-0.25, -0.2) is 9.36 Å². The molecule has 0 aliphatic heterocycles. The molecule has 0 aliphatic carbocycles. The van der Waals surface area contributed by atoms with E-state index in [1.165, 1.54) is 23.9 Å². The molecule has 0 spiro atoms. The molecule has 0 unspecified atom stereocenters. The molecular formula is C26H18N4O4S. The first-order valence-corrected chi connectivity index (χ1v) is 11.8. The predicted octanol–water partition coefficient (Wildman–Crippen LogP) is 4.45. The minimum absolute atomic E-state index is 0.0227. The number of aromatic hydroxyl groups is 1. The number of hydrogen-bond donors (Lipinski definition) is 1. The maximum atomic E-state index is 13.5. The minimum Gasteiger partial charge on any atom is -0.508 e. The summed E-state index contributed by atoms with van der Waals surface area (Å²) in [6, 6.07) is 21.1. The molecule has 0 atom stereocenters. The second kappa shape index (κ2) is 8.14. The lowest BCUT2D eigenvalue weighted by Gasteiger charge is -2.13. The average Bonchev–Trinajstić information content (AvgIpc) is 3.27. The van der Waals surface area contributed by atoms with Gasteiger partial charge in [0, 0.05) is 23.3 Å². The SMILES string of the molecule is Cc1ccccc1-n1c(=O)c2ccccc2n2c(SCc3cc(=O)oc4cc(O)ccc34)nnc12. The average molecular weight is 483 g/mol. The van der Waals surface area contributed by atoms with E-state index < -0.39 is 5.63 Å². The Morgan fingerprint density at radius 2 is 1.74 bits per heavy atom. The van der Waals surface area contributed by atoms with Gasteiger partial charge in [0.15, 0.2) is 5.16 Å². The van der Waals surface area contributed by atoms with Crippen LogP contribution in [0.2, 0.25) is 0 Å². The number of nitrogens with zero attached hydrogens (tertiary/aromatic N) is 4. The highest BCUT2D eigenvalue weighted by atomic mass is 32.2. The summed E-state index contributed by atoms with van der Waals surface area (Å²) in [4.78, 5) is 25.6. The van der Waals surface area contributed by atoms with E-state index in [9.17, 15) is 14.7 Å². The van der Waals surface area contributed by atoms with Gasteiger partial charge in [0.05, 0.1) is 16.6 Å². The number of benzene rings is 3. The summed E-state index contributed by atoms with van der Waals surface area (Å²) in [5.41, 5.74) is 2.78. The molecule has 6 rings (SSSR count). The van der Waals surface area contributed by atoms with Crippen LogP contribution in [0.5, 0.6) is 5.75 Å². The fourth-order valence-corrected chi connectivity index (χ4v) is 5.22. The van der Waals surface area contributed by atoms with Gasteiger partial charge in [0.25, 0.3) is 5.56 Å². The van der Waals surface area contributed by atoms with Crippen LogP contribution in [0.3, 0.4) is 0 Å². The first kappa shape index (κ1) is 21.2. The van der Waals surface area contributed by atoms with Crippen LogP contribution in [0.4, 0.5) is 0 Å². The zero-order chi connectivity index (χ0) is 24.1. The second-order valence-corrected chi connectivity index (χ2v) is 9.06. The second-order valence-electron chi connectivity index (χ2n) is 8.12. The Balaban J connectivity index is 1.54. The number of hydrogen-bond acceptors (Lipinski definition) is 7. The topological polar surface area (TPSA) is 103 Å². The molecule has 3 aromatic heterocycles. The van der Waals surface area contributed by atoms with Crippen LogP contribution in [0.15, 0.2) is 92.0 Å². The molecule has 3 heterocycles. The number of thioether (sulfide) groups is 1. The van der Waals surface area contributed by atoms with Crippen LogP contribution in [-0.2, 0) is 5.75 Å². The lowest BCUT2D eigenvalue weighted by molar-refractivity contribution is 0.473. The highest BCUT2D eigenvalue weighted by molar-refractivity contribution is 7.98. The standard InChI is InChI=1S/C26H18N4O4S/c1-15-6-2-4-8-20(15)29-24(33)19-7-3-5-9-21(19)30-25(29)27-28-26(30)35-14-16-12-23(32)34-22-13-17(31)10-11-18(16)22/h2-13,31H,14H2,1H3. The van der Waals surface area contributed by atoms with E-state index >= 15 is 0 Å². The molecule has 0 amide bonds. The molecule has 9 heteroatoms. The molecule has 172 valence electrons. The third-order valence-electron chi connectivity index (χ3n) is 5.92. The van der Waals surface area contributed by atoms with Gasteiger partial charge in [0.2, 0.25) is 5.78 Å². The van der Waals surface area contributed by atoms with Crippen LogP contribution >= 0.6 is 11.8 Å². The van der Waals surface area contributed by atoms with E-state index in [1.54, 1.807) is 22.8 Å². The van der Waals surface area contributed by atoms with Crippen LogP contribution in [0.1, 0.15) is 11.1 Å². The summed E-state index contributed by atoms with van der Waals surface area (Å²) in [7, 11) is 0. The summed E-state index contributed by atoms with van der Waals surface area (Å²) in [5.74, 6) is 0.841. The first-order chi connectivity index (χ1) is 17.0. The fourth-order valence-electron chi connectivity index (χ4n) is 4.28. The maximum absolute atomic E-state index is 13.5. The van der Waals surface area contributed by atoms with Crippen molar-refractivity contribution in [2.75, 3.05) is 0 Å². The van der Waals surface area contributed by atoms with E-state index in [1.807, 2.05) is 53.8 Å². The molecule has 6 aromatic rings. The Bertz CT molecular complexity index is 1890. The summed E-state index contributed by atoms with van der Waals surface area (Å²) < 4.78 is 8.70. The quantitative estimate of drug-likeness (QED) is 0.293. The van der Waals surface area contributed by atoms with Crippen LogP contribution in [-0.4, -0.2) is 24.3 Å². The fraction of sp³-hybridized carbons (Fsp3) is 0.0769. The third kappa shape index (κ3) is 3.48. The van der Waals surface area contributed by atoms with Gasteiger partial charge in [-0.2, -0.15) is 0 Å². The van der Waals surface area contributed by atoms with E-state index in [2.05, 4.69) is 10.2 Å². The van der Waals surface area contributed by atoms with E-state index in [0.29, 0.717) is 33.2 Å². The molecule has 0 fully saturated rings. The normalized spacial score (nSPS) is 11.6. The lowest BCUT2D eigenvalue weighted by Crippen LogP contribution is -2.22. The molecule has 0 saturated carbocycles. The van der Waals surface area contributed by atoms with Gasteiger partial charge < -0.3 is 9.52 Å². The molecular weight excluding hydrogens is 464 g/mol. The number of rotatable bonds is 4. The Morgan fingerprint density at radius 1 is 0.943 bits per heavy atom. The smallest absolute Gasteiger partial charge is 0.336 e. The van der Waals surface area contributed by atoms with Crippen LogP contribution < -0.4 is 11.2 Å². The molecule has 8 nitrogen and oxygen atoms in total. The van der Waals surface area contributed by atoms with Crippen molar-refractivity contribution in [1.82, 2.24) is 19.2 Å². The van der Waals surface area contributed by atoms with Crippen molar-refractivity contribution in [3.8, 4) is 11.4 Å². The summed E-state index contributed by atoms with van der Waals surface area (Å²) in [6.07, 6.45) is 0. The van der Waals surface area contributed by atoms with Crippen molar-refractivity contribution in [3.63, 3.8) is 0 Å². The summed E-state index contributed by atoms with van der Waals surface area (Å²) in [6.45, 7) is 1.95. The summed E-state index contributed by atoms with van der Waals surface area (Å²) >= 11 is 1.40. The number of aromatic nitrogens is 4. The van der Waals surface area contributed by atoms with Gasteiger partial charge in [-0.3, -0.25) is 9.20 Å². The van der Waals surface area contributed by atoms with Crippen molar-refractivity contribution in [1.29, 1.82) is 0 Å². The largest absolute Gasteiger partial charge is 0.508 e. The Morgan fingerprint density at radius 3 is 2.60 bits per heavy atom.